The summed E-state index contributed by atoms with van der Waals surface area (Å²) in [6.07, 6.45) is -2.56. The number of carbonyl (C=O) groups excluding carboxylic acids is 2. The Morgan fingerprint density at radius 2 is 1.24 bits per heavy atom. The summed E-state index contributed by atoms with van der Waals surface area (Å²) in [7, 11) is 0. The van der Waals surface area contributed by atoms with Crippen molar-refractivity contribution in [1.82, 2.24) is 5.32 Å². The highest BCUT2D eigenvalue weighted by atomic mass is 16.7. The highest BCUT2D eigenvalue weighted by molar-refractivity contribution is 5.89. The molecular weight excluding hydrogens is 628 g/mol. The number of hydrogen-bond acceptors (Lipinski definition) is 9. The number of non-ortho nitro benzene ring substituents is 1. The third-order valence-electron chi connectivity index (χ3n) is 7.97. The number of nitro groups is 1. The van der Waals surface area contributed by atoms with E-state index < -0.39 is 41.5 Å². The van der Waals surface area contributed by atoms with E-state index in [9.17, 15) is 19.7 Å². The standard InChI is InChI=1S/C38H40N2O9/c1-2-12-33(41)39-34-36(46-24-28-15-8-4-9-16-28)35(45-23-27-13-6-3-7-14-27)32(49-38(34)48-25-29-17-10-5-11-18-29)26-47-37(42)30-19-21-31(22-20-30)40(43)44/h3-11,13-22,32,34-36,38H,2,12,23-26H2,1H3,(H,39,41)/t32-,34-,35-,36-,38?/m1/s1. The van der Waals surface area contributed by atoms with Crippen molar-refractivity contribution < 1.29 is 38.2 Å². The summed E-state index contributed by atoms with van der Waals surface area (Å²) in [4.78, 5) is 36.8. The lowest BCUT2D eigenvalue weighted by atomic mass is 9.95. The quantitative estimate of drug-likeness (QED) is 0.0847. The van der Waals surface area contributed by atoms with Crippen LogP contribution in [-0.2, 0) is 48.3 Å². The molecule has 0 bridgehead atoms. The molecule has 0 radical (unpaired) electrons. The summed E-state index contributed by atoms with van der Waals surface area (Å²) >= 11 is 0. The molecule has 1 aliphatic rings. The fraction of sp³-hybridized carbons (Fsp3) is 0.316. The first-order valence-electron chi connectivity index (χ1n) is 16.2. The minimum atomic E-state index is -0.999. The number of nitrogens with one attached hydrogen (secondary N) is 1. The number of carbonyl (C=O) groups is 2. The van der Waals surface area contributed by atoms with Crippen LogP contribution in [0.1, 0.15) is 46.8 Å². The van der Waals surface area contributed by atoms with Crippen LogP contribution >= 0.6 is 0 Å². The minimum Gasteiger partial charge on any atom is -0.459 e. The number of esters is 1. The second-order valence-corrected chi connectivity index (χ2v) is 11.6. The number of ether oxygens (including phenoxy) is 5. The smallest absolute Gasteiger partial charge is 0.338 e. The van der Waals surface area contributed by atoms with E-state index in [-0.39, 0.29) is 43.6 Å². The Labute approximate surface area is 285 Å². The third kappa shape index (κ3) is 10.3. The predicted molar refractivity (Wildman–Crippen MR) is 180 cm³/mol. The third-order valence-corrected chi connectivity index (χ3v) is 7.97. The zero-order valence-electron chi connectivity index (χ0n) is 27.2. The summed E-state index contributed by atoms with van der Waals surface area (Å²) < 4.78 is 31.7. The van der Waals surface area contributed by atoms with E-state index in [1.54, 1.807) is 0 Å². The van der Waals surface area contributed by atoms with Crippen molar-refractivity contribution in [2.45, 2.75) is 70.2 Å². The van der Waals surface area contributed by atoms with Crippen LogP contribution in [0.5, 0.6) is 0 Å². The Kier molecular flexibility index (Phi) is 13.0. The van der Waals surface area contributed by atoms with Gasteiger partial charge in [0.25, 0.3) is 5.69 Å². The molecular formula is C38H40N2O9. The summed E-state index contributed by atoms with van der Waals surface area (Å²) in [6, 6.07) is 33.1. The van der Waals surface area contributed by atoms with E-state index in [1.807, 2.05) is 97.9 Å². The minimum absolute atomic E-state index is 0.140. The van der Waals surface area contributed by atoms with E-state index in [4.69, 9.17) is 23.7 Å². The molecule has 1 unspecified atom stereocenters. The maximum absolute atomic E-state index is 13.1. The molecule has 49 heavy (non-hydrogen) atoms. The molecule has 0 aromatic heterocycles. The molecule has 1 aliphatic heterocycles. The van der Waals surface area contributed by atoms with Gasteiger partial charge < -0.3 is 29.0 Å². The van der Waals surface area contributed by atoms with Crippen LogP contribution in [0.2, 0.25) is 0 Å². The number of rotatable bonds is 16. The molecule has 5 atom stereocenters. The molecule has 0 aliphatic carbocycles. The van der Waals surface area contributed by atoms with Gasteiger partial charge >= 0.3 is 5.97 Å². The van der Waals surface area contributed by atoms with Crippen LogP contribution in [0.25, 0.3) is 0 Å². The molecule has 11 nitrogen and oxygen atoms in total. The molecule has 1 fully saturated rings. The topological polar surface area (TPSA) is 135 Å². The predicted octanol–water partition coefficient (Wildman–Crippen LogP) is 6.15. The zero-order valence-corrected chi connectivity index (χ0v) is 27.2. The molecule has 11 heteroatoms. The van der Waals surface area contributed by atoms with Gasteiger partial charge in [0.2, 0.25) is 5.91 Å². The Bertz CT molecular complexity index is 1620. The van der Waals surface area contributed by atoms with Crippen molar-refractivity contribution in [1.29, 1.82) is 0 Å². The van der Waals surface area contributed by atoms with Gasteiger partial charge in [-0.2, -0.15) is 0 Å². The largest absolute Gasteiger partial charge is 0.459 e. The molecule has 1 heterocycles. The van der Waals surface area contributed by atoms with Crippen molar-refractivity contribution >= 4 is 17.6 Å². The monoisotopic (exact) mass is 668 g/mol. The fourth-order valence-corrected chi connectivity index (χ4v) is 5.46. The van der Waals surface area contributed by atoms with Gasteiger partial charge in [0.15, 0.2) is 6.29 Å². The van der Waals surface area contributed by atoms with Gasteiger partial charge in [-0.05, 0) is 35.2 Å². The molecule has 4 aromatic rings. The van der Waals surface area contributed by atoms with Crippen LogP contribution in [0.3, 0.4) is 0 Å². The normalized spacial score (nSPS) is 20.3. The van der Waals surface area contributed by atoms with Gasteiger partial charge in [0.05, 0.1) is 30.3 Å². The number of nitro benzene ring substituents is 1. The van der Waals surface area contributed by atoms with Gasteiger partial charge in [-0.15, -0.1) is 0 Å². The summed E-state index contributed by atoms with van der Waals surface area (Å²) in [5.74, 6) is -0.884. The summed E-state index contributed by atoms with van der Waals surface area (Å²) in [5, 5.41) is 14.2. The average Bonchev–Trinajstić information content (AvgIpc) is 3.13. The molecule has 1 amide bonds. The highest BCUT2D eigenvalue weighted by Gasteiger charge is 2.49. The van der Waals surface area contributed by atoms with Crippen LogP contribution in [-0.4, -0.2) is 54.1 Å². The molecule has 0 saturated carbocycles. The van der Waals surface area contributed by atoms with Crippen molar-refractivity contribution in [2.75, 3.05) is 6.61 Å². The first kappa shape index (κ1) is 35.4. The lowest BCUT2D eigenvalue weighted by Gasteiger charge is -2.46. The Balaban J connectivity index is 1.45. The molecule has 256 valence electrons. The number of amides is 1. The van der Waals surface area contributed by atoms with Crippen LogP contribution in [0.4, 0.5) is 5.69 Å². The zero-order chi connectivity index (χ0) is 34.4. The van der Waals surface area contributed by atoms with Crippen molar-refractivity contribution in [3.8, 4) is 0 Å². The van der Waals surface area contributed by atoms with E-state index >= 15 is 0 Å². The van der Waals surface area contributed by atoms with Crippen LogP contribution < -0.4 is 5.32 Å². The molecule has 1 saturated heterocycles. The molecule has 0 spiro atoms. The number of hydrogen-bond donors (Lipinski definition) is 1. The average molecular weight is 669 g/mol. The molecule has 4 aromatic carbocycles. The van der Waals surface area contributed by atoms with Gasteiger partial charge in [-0.25, -0.2) is 4.79 Å². The first-order chi connectivity index (χ1) is 23.9. The fourth-order valence-electron chi connectivity index (χ4n) is 5.46. The van der Waals surface area contributed by atoms with Crippen molar-refractivity contribution in [3.63, 3.8) is 0 Å². The highest BCUT2D eigenvalue weighted by Crippen LogP contribution is 2.30. The van der Waals surface area contributed by atoms with E-state index in [2.05, 4.69) is 5.32 Å². The number of benzene rings is 4. The van der Waals surface area contributed by atoms with Crippen LogP contribution in [0.15, 0.2) is 115 Å². The molecule has 1 N–H and O–H groups in total. The lowest BCUT2D eigenvalue weighted by molar-refractivity contribution is -0.384. The molecule has 5 rings (SSSR count). The van der Waals surface area contributed by atoms with Gasteiger partial charge in [0.1, 0.15) is 31.0 Å². The van der Waals surface area contributed by atoms with Crippen molar-refractivity contribution in [2.24, 2.45) is 0 Å². The Hall–Kier alpha value is -4.94. The van der Waals surface area contributed by atoms with Crippen LogP contribution in [0, 0.1) is 10.1 Å². The maximum Gasteiger partial charge on any atom is 0.338 e. The second kappa shape index (κ2) is 18.0. The Morgan fingerprint density at radius 1 is 0.735 bits per heavy atom. The van der Waals surface area contributed by atoms with Gasteiger partial charge in [0, 0.05) is 18.6 Å². The van der Waals surface area contributed by atoms with E-state index in [0.29, 0.717) is 12.8 Å². The summed E-state index contributed by atoms with van der Waals surface area (Å²) in [5.41, 5.74) is 2.71. The van der Waals surface area contributed by atoms with Gasteiger partial charge in [-0.3, -0.25) is 14.9 Å². The Morgan fingerprint density at radius 3 is 1.76 bits per heavy atom. The second-order valence-electron chi connectivity index (χ2n) is 11.6. The lowest BCUT2D eigenvalue weighted by Crippen LogP contribution is -2.66. The SMILES string of the molecule is CCCC(=O)N[C@H]1C(OCc2ccccc2)O[C@H](COC(=O)c2ccc([N+](=O)[O-])cc2)[C@@H](OCc2ccccc2)[C@@H]1OCc1ccccc1. The summed E-state index contributed by atoms with van der Waals surface area (Å²) in [6.45, 7) is 2.25. The maximum atomic E-state index is 13.1. The van der Waals surface area contributed by atoms with E-state index in [1.165, 1.54) is 24.3 Å². The van der Waals surface area contributed by atoms with Crippen molar-refractivity contribution in [3.05, 3.63) is 148 Å². The van der Waals surface area contributed by atoms with E-state index in [0.717, 1.165) is 16.7 Å². The first-order valence-corrected chi connectivity index (χ1v) is 16.2. The van der Waals surface area contributed by atoms with Gasteiger partial charge in [-0.1, -0.05) is 97.9 Å². The number of nitrogens with zero attached hydrogens (tertiary/aromatic N) is 1.